The van der Waals surface area contributed by atoms with Crippen molar-refractivity contribution in [3.05, 3.63) is 60.2 Å². The second kappa shape index (κ2) is 6.07. The quantitative estimate of drug-likeness (QED) is 0.794. The van der Waals surface area contributed by atoms with E-state index in [1.165, 1.54) is 35.4 Å². The molecular formula is C14H9F3N6O. The summed E-state index contributed by atoms with van der Waals surface area (Å²) in [6.07, 6.45) is 0.797. The van der Waals surface area contributed by atoms with Crippen molar-refractivity contribution in [1.82, 2.24) is 25.0 Å². The largest absolute Gasteiger partial charge is 0.416 e. The minimum absolute atomic E-state index is 0.113. The van der Waals surface area contributed by atoms with E-state index in [9.17, 15) is 18.0 Å². The van der Waals surface area contributed by atoms with Gasteiger partial charge in [-0.1, -0.05) is 5.21 Å². The lowest BCUT2D eigenvalue weighted by molar-refractivity contribution is -0.137. The van der Waals surface area contributed by atoms with Gasteiger partial charge in [0.1, 0.15) is 5.82 Å². The number of hydrogen-bond acceptors (Lipinski definition) is 5. The summed E-state index contributed by atoms with van der Waals surface area (Å²) in [5.41, 5.74) is -0.794. The molecule has 0 bridgehead atoms. The fourth-order valence-electron chi connectivity index (χ4n) is 1.94. The Morgan fingerprint density at radius 3 is 2.67 bits per heavy atom. The summed E-state index contributed by atoms with van der Waals surface area (Å²) in [6.45, 7) is 0. The zero-order chi connectivity index (χ0) is 17.2. The molecule has 10 heteroatoms. The molecule has 0 aliphatic heterocycles. The first-order chi connectivity index (χ1) is 11.4. The Morgan fingerprint density at radius 1 is 1.12 bits per heavy atom. The number of aromatic nitrogens is 5. The standard InChI is InChI=1S/C14H9F3N6O/c15-14(16,17)9-3-5-18-11(8-9)21-13(24)10-2-1-4-19-12(10)23-7-6-20-22-23/h1-8H,(H,18,21,24). The van der Waals surface area contributed by atoms with Crippen LogP contribution in [-0.4, -0.2) is 30.9 Å². The Balaban J connectivity index is 1.89. The number of carbonyl (C=O) groups excluding carboxylic acids is 1. The van der Waals surface area contributed by atoms with Crippen LogP contribution in [-0.2, 0) is 6.18 Å². The van der Waals surface area contributed by atoms with E-state index in [-0.39, 0.29) is 17.2 Å². The van der Waals surface area contributed by atoms with Crippen LogP contribution in [0.4, 0.5) is 19.0 Å². The van der Waals surface area contributed by atoms with Crippen molar-refractivity contribution >= 4 is 11.7 Å². The molecule has 0 spiro atoms. The maximum atomic E-state index is 12.7. The third kappa shape index (κ3) is 3.21. The van der Waals surface area contributed by atoms with Crippen LogP contribution in [0.2, 0.25) is 0 Å². The van der Waals surface area contributed by atoms with Crippen LogP contribution in [0.1, 0.15) is 15.9 Å². The summed E-state index contributed by atoms with van der Waals surface area (Å²) in [4.78, 5) is 20.1. The highest BCUT2D eigenvalue weighted by Gasteiger charge is 2.31. The number of hydrogen-bond donors (Lipinski definition) is 1. The number of pyridine rings is 2. The van der Waals surface area contributed by atoms with Crippen molar-refractivity contribution in [3.63, 3.8) is 0 Å². The highest BCUT2D eigenvalue weighted by atomic mass is 19.4. The van der Waals surface area contributed by atoms with Gasteiger partial charge in [0.15, 0.2) is 5.82 Å². The maximum absolute atomic E-state index is 12.7. The van der Waals surface area contributed by atoms with Crippen molar-refractivity contribution < 1.29 is 18.0 Å². The molecule has 0 aliphatic carbocycles. The molecule has 0 fully saturated rings. The van der Waals surface area contributed by atoms with Gasteiger partial charge < -0.3 is 5.32 Å². The van der Waals surface area contributed by atoms with Gasteiger partial charge in [-0.05, 0) is 24.3 Å². The van der Waals surface area contributed by atoms with Crippen LogP contribution >= 0.6 is 0 Å². The lowest BCUT2D eigenvalue weighted by Crippen LogP contribution is -2.17. The van der Waals surface area contributed by atoms with Crippen LogP contribution in [0, 0.1) is 0 Å². The summed E-state index contributed by atoms with van der Waals surface area (Å²) in [6, 6.07) is 4.56. The highest BCUT2D eigenvalue weighted by molar-refractivity contribution is 6.05. The predicted octanol–water partition coefficient (Wildman–Crippen LogP) is 2.33. The number of amides is 1. The van der Waals surface area contributed by atoms with E-state index < -0.39 is 17.6 Å². The highest BCUT2D eigenvalue weighted by Crippen LogP contribution is 2.30. The first-order valence-electron chi connectivity index (χ1n) is 6.61. The summed E-state index contributed by atoms with van der Waals surface area (Å²) < 4.78 is 39.4. The van der Waals surface area contributed by atoms with E-state index in [0.29, 0.717) is 0 Å². The molecule has 122 valence electrons. The van der Waals surface area contributed by atoms with Gasteiger partial charge in [0.2, 0.25) is 0 Å². The van der Waals surface area contributed by atoms with E-state index in [1.807, 2.05) is 0 Å². The van der Waals surface area contributed by atoms with E-state index >= 15 is 0 Å². The molecular weight excluding hydrogens is 325 g/mol. The average molecular weight is 334 g/mol. The summed E-state index contributed by atoms with van der Waals surface area (Å²) in [7, 11) is 0. The molecule has 3 aromatic rings. The summed E-state index contributed by atoms with van der Waals surface area (Å²) >= 11 is 0. The Labute approximate surface area is 133 Å². The molecule has 0 unspecified atom stereocenters. The fourth-order valence-corrected chi connectivity index (χ4v) is 1.94. The predicted molar refractivity (Wildman–Crippen MR) is 76.3 cm³/mol. The zero-order valence-electron chi connectivity index (χ0n) is 11.9. The van der Waals surface area contributed by atoms with E-state index in [4.69, 9.17) is 0 Å². The average Bonchev–Trinajstić information content (AvgIpc) is 3.08. The molecule has 7 nitrogen and oxygen atoms in total. The van der Waals surface area contributed by atoms with Gasteiger partial charge in [-0.15, -0.1) is 5.10 Å². The molecule has 3 rings (SSSR count). The SMILES string of the molecule is O=C(Nc1cc(C(F)(F)F)ccn1)c1cccnc1-n1ccnn1. The molecule has 0 saturated carbocycles. The normalized spacial score (nSPS) is 11.3. The third-order valence-corrected chi connectivity index (χ3v) is 3.00. The molecule has 0 saturated heterocycles. The summed E-state index contributed by atoms with van der Waals surface area (Å²) in [5, 5.41) is 9.69. The van der Waals surface area contributed by atoms with Crippen LogP contribution in [0.5, 0.6) is 0 Å². The van der Waals surface area contributed by atoms with E-state index in [1.54, 1.807) is 0 Å². The molecule has 24 heavy (non-hydrogen) atoms. The molecule has 3 heterocycles. The maximum Gasteiger partial charge on any atom is 0.416 e. The first-order valence-corrected chi connectivity index (χ1v) is 6.61. The number of nitrogens with one attached hydrogen (secondary N) is 1. The topological polar surface area (TPSA) is 85.6 Å². The number of anilines is 1. The molecule has 3 aromatic heterocycles. The lowest BCUT2D eigenvalue weighted by Gasteiger charge is -2.10. The second-order valence-corrected chi connectivity index (χ2v) is 4.60. The Bertz CT molecular complexity index is 863. The summed E-state index contributed by atoms with van der Waals surface area (Å²) in [5.74, 6) is -0.692. The van der Waals surface area contributed by atoms with Crippen molar-refractivity contribution in [1.29, 1.82) is 0 Å². The van der Waals surface area contributed by atoms with Gasteiger partial charge in [0.05, 0.1) is 23.5 Å². The van der Waals surface area contributed by atoms with Crippen LogP contribution in [0.25, 0.3) is 5.82 Å². The number of alkyl halides is 3. The van der Waals surface area contributed by atoms with Gasteiger partial charge in [-0.25, -0.2) is 14.6 Å². The van der Waals surface area contributed by atoms with Crippen molar-refractivity contribution in [2.45, 2.75) is 6.18 Å². The van der Waals surface area contributed by atoms with Gasteiger partial charge in [0, 0.05) is 12.4 Å². The number of nitrogens with zero attached hydrogens (tertiary/aromatic N) is 5. The molecule has 0 aliphatic rings. The number of rotatable bonds is 3. The van der Waals surface area contributed by atoms with Gasteiger partial charge >= 0.3 is 6.18 Å². The van der Waals surface area contributed by atoms with Crippen molar-refractivity contribution in [3.8, 4) is 5.82 Å². The van der Waals surface area contributed by atoms with E-state index in [0.717, 1.165) is 18.3 Å². The Morgan fingerprint density at radius 2 is 1.96 bits per heavy atom. The number of halogens is 3. The second-order valence-electron chi connectivity index (χ2n) is 4.60. The molecule has 0 radical (unpaired) electrons. The van der Waals surface area contributed by atoms with Crippen molar-refractivity contribution in [2.75, 3.05) is 5.32 Å². The molecule has 1 amide bonds. The fraction of sp³-hybridized carbons (Fsp3) is 0.0714. The van der Waals surface area contributed by atoms with Crippen LogP contribution in [0.3, 0.4) is 0 Å². The third-order valence-electron chi connectivity index (χ3n) is 3.00. The molecule has 1 N–H and O–H groups in total. The van der Waals surface area contributed by atoms with E-state index in [2.05, 4.69) is 25.6 Å². The molecule has 0 atom stereocenters. The van der Waals surface area contributed by atoms with Gasteiger partial charge in [-0.3, -0.25) is 4.79 Å². The minimum atomic E-state index is -4.53. The minimum Gasteiger partial charge on any atom is -0.306 e. The number of carbonyl (C=O) groups is 1. The monoisotopic (exact) mass is 334 g/mol. The van der Waals surface area contributed by atoms with Crippen LogP contribution in [0.15, 0.2) is 49.1 Å². The Kier molecular flexibility index (Phi) is 3.94. The van der Waals surface area contributed by atoms with Gasteiger partial charge in [-0.2, -0.15) is 13.2 Å². The molecule has 0 aromatic carbocycles. The van der Waals surface area contributed by atoms with Crippen molar-refractivity contribution in [2.24, 2.45) is 0 Å². The smallest absolute Gasteiger partial charge is 0.306 e. The lowest BCUT2D eigenvalue weighted by atomic mass is 10.2. The van der Waals surface area contributed by atoms with Crippen LogP contribution < -0.4 is 5.32 Å². The Hall–Kier alpha value is -3.30. The zero-order valence-corrected chi connectivity index (χ0v) is 11.9. The first kappa shape index (κ1) is 15.6. The van der Waals surface area contributed by atoms with Gasteiger partial charge in [0.25, 0.3) is 5.91 Å².